The molecule has 1 rings (SSSR count). The highest BCUT2D eigenvalue weighted by atomic mass is 16.3. The smallest absolute Gasteiger partial charge is 0.182 e. The Hall–Kier alpha value is -1.00. The summed E-state index contributed by atoms with van der Waals surface area (Å²) in [5.41, 5.74) is 12.7. The van der Waals surface area contributed by atoms with Crippen molar-refractivity contribution in [1.82, 2.24) is 0 Å². The van der Waals surface area contributed by atoms with Crippen LogP contribution in [0.25, 0.3) is 0 Å². The van der Waals surface area contributed by atoms with Gasteiger partial charge in [-0.05, 0) is 0 Å². The van der Waals surface area contributed by atoms with Crippen LogP contribution in [0.2, 0.25) is 0 Å². The first-order valence-electron chi connectivity index (χ1n) is 9.89. The molecule has 0 bridgehead atoms. The second-order valence-corrected chi connectivity index (χ2v) is 7.40. The number of aliphatic hydroxyl groups is 8. The van der Waals surface area contributed by atoms with Gasteiger partial charge in [-0.15, -0.1) is 0 Å². The monoisotopic (exact) mass is 438 g/mol. The van der Waals surface area contributed by atoms with Crippen LogP contribution >= 0.6 is 0 Å². The summed E-state index contributed by atoms with van der Waals surface area (Å²) >= 11 is 0. The number of quaternary nitrogens is 2. The lowest BCUT2D eigenvalue weighted by Gasteiger charge is -2.53. The molecule has 0 fully saturated rings. The Kier molecular flexibility index (Phi) is 10.9. The van der Waals surface area contributed by atoms with Gasteiger partial charge in [0.1, 0.15) is 24.2 Å². The van der Waals surface area contributed by atoms with Gasteiger partial charge in [0.2, 0.25) is 0 Å². The van der Waals surface area contributed by atoms with Gasteiger partial charge >= 0.3 is 0 Å². The number of hydrogen-bond acceptors (Lipinski definition) is 10. The average molecular weight is 439 g/mol. The van der Waals surface area contributed by atoms with Crippen molar-refractivity contribution >= 4 is 0 Å². The van der Waals surface area contributed by atoms with E-state index in [4.69, 9.17) is 11.5 Å². The molecule has 0 amide bonds. The second-order valence-electron chi connectivity index (χ2n) is 7.40. The van der Waals surface area contributed by atoms with E-state index < -0.39 is 81.5 Å². The fourth-order valence-electron chi connectivity index (χ4n) is 4.60. The minimum absolute atomic E-state index is 0.155. The van der Waals surface area contributed by atoms with Crippen molar-refractivity contribution < 1.29 is 49.8 Å². The summed E-state index contributed by atoms with van der Waals surface area (Å²) in [4.78, 5) is 0. The highest BCUT2D eigenvalue weighted by Crippen LogP contribution is 2.41. The van der Waals surface area contributed by atoms with E-state index in [9.17, 15) is 40.9 Å². The Morgan fingerprint density at radius 3 is 1.00 bits per heavy atom. The SMILES string of the molecule is NCC1=C[N+](C(CO)CO)(C(CO)CO)C=C(CN)[N+]1(C(CO)CO)C(CO)CO. The van der Waals surface area contributed by atoms with Gasteiger partial charge in [-0.25, -0.2) is 8.97 Å². The van der Waals surface area contributed by atoms with Crippen molar-refractivity contribution in [1.29, 1.82) is 0 Å². The van der Waals surface area contributed by atoms with Gasteiger partial charge < -0.3 is 52.3 Å². The number of nitrogens with two attached hydrogens (primary N) is 2. The Bertz CT molecular complexity index is 523. The molecule has 1 aliphatic heterocycles. The molecule has 176 valence electrons. The van der Waals surface area contributed by atoms with Crippen LogP contribution in [0.4, 0.5) is 0 Å². The van der Waals surface area contributed by atoms with Crippen molar-refractivity contribution in [3.05, 3.63) is 23.8 Å². The van der Waals surface area contributed by atoms with Crippen molar-refractivity contribution in [3.8, 4) is 0 Å². The van der Waals surface area contributed by atoms with Crippen LogP contribution in [0, 0.1) is 0 Å². The van der Waals surface area contributed by atoms with Crippen LogP contribution in [-0.4, -0.2) is 140 Å². The molecule has 0 saturated carbocycles. The predicted octanol–water partition coefficient (Wildman–Crippen LogP) is -5.35. The quantitative estimate of drug-likeness (QED) is 0.116. The third-order valence-electron chi connectivity index (χ3n) is 6.22. The van der Waals surface area contributed by atoms with Crippen LogP contribution < -0.4 is 11.5 Å². The van der Waals surface area contributed by atoms with Crippen LogP contribution in [0.1, 0.15) is 0 Å². The lowest BCUT2D eigenvalue weighted by Crippen LogP contribution is -2.71. The minimum atomic E-state index is -0.926. The molecule has 0 aromatic heterocycles. The maximum atomic E-state index is 10.0. The Morgan fingerprint density at radius 2 is 0.800 bits per heavy atom. The lowest BCUT2D eigenvalue weighted by molar-refractivity contribution is -0.951. The van der Waals surface area contributed by atoms with Crippen molar-refractivity contribution in [2.75, 3.05) is 65.9 Å². The summed E-state index contributed by atoms with van der Waals surface area (Å²) in [5, 5.41) is 79.7. The normalized spacial score (nSPS) is 18.5. The fourth-order valence-corrected chi connectivity index (χ4v) is 4.60. The van der Waals surface area contributed by atoms with Crippen LogP contribution in [0.5, 0.6) is 0 Å². The van der Waals surface area contributed by atoms with Crippen LogP contribution in [-0.2, 0) is 0 Å². The lowest BCUT2D eigenvalue weighted by atomic mass is 9.97. The number of rotatable bonds is 14. The molecule has 30 heavy (non-hydrogen) atoms. The molecule has 1 heterocycles. The molecular weight excluding hydrogens is 400 g/mol. The molecule has 0 aromatic rings. The molecule has 0 radical (unpaired) electrons. The van der Waals surface area contributed by atoms with Gasteiger partial charge in [-0.2, -0.15) is 0 Å². The zero-order valence-corrected chi connectivity index (χ0v) is 17.2. The van der Waals surface area contributed by atoms with E-state index in [0.29, 0.717) is 11.4 Å². The second kappa shape index (κ2) is 12.1. The standard InChI is InChI=1S/C18H38N4O8/c19-1-13-3-21(15(5-23)6-24,16(7-25)8-26)4-14(2-20)22(13,17(9-27)10-28)18(11-29)12-30/h3-4,15-18,23-30H,1-2,5-12,19-20H2/q+2. The van der Waals surface area contributed by atoms with Crippen LogP contribution in [0.3, 0.4) is 0 Å². The van der Waals surface area contributed by atoms with Gasteiger partial charge in [-0.3, -0.25) is 0 Å². The zero-order chi connectivity index (χ0) is 22.9. The minimum Gasteiger partial charge on any atom is -0.390 e. The molecule has 12 nitrogen and oxygen atoms in total. The van der Waals surface area contributed by atoms with Crippen LogP contribution in [0.15, 0.2) is 23.8 Å². The fraction of sp³-hybridized carbons (Fsp3) is 0.778. The first-order chi connectivity index (χ1) is 14.4. The summed E-state index contributed by atoms with van der Waals surface area (Å²) in [7, 11) is 0. The molecule has 0 aliphatic carbocycles. The summed E-state index contributed by atoms with van der Waals surface area (Å²) in [6.45, 7) is -4.38. The molecule has 12 N–H and O–H groups in total. The van der Waals surface area contributed by atoms with E-state index >= 15 is 0 Å². The molecular formula is C18H38N4O8+2. The van der Waals surface area contributed by atoms with Crippen molar-refractivity contribution in [2.45, 2.75) is 24.2 Å². The maximum Gasteiger partial charge on any atom is 0.182 e. The zero-order valence-electron chi connectivity index (χ0n) is 17.2. The van der Waals surface area contributed by atoms with Gasteiger partial charge in [0.05, 0.1) is 65.9 Å². The Morgan fingerprint density at radius 1 is 0.533 bits per heavy atom. The van der Waals surface area contributed by atoms with E-state index in [-0.39, 0.29) is 17.6 Å². The molecule has 0 aromatic carbocycles. The number of aliphatic hydroxyl groups excluding tert-OH is 8. The van der Waals surface area contributed by atoms with Crippen molar-refractivity contribution in [2.24, 2.45) is 11.5 Å². The highest BCUT2D eigenvalue weighted by Gasteiger charge is 2.57. The average Bonchev–Trinajstić information content (AvgIpc) is 2.77. The topological polar surface area (TPSA) is 214 Å². The first-order valence-corrected chi connectivity index (χ1v) is 9.89. The molecule has 0 saturated heterocycles. The number of hydrogen-bond donors (Lipinski definition) is 10. The third kappa shape index (κ3) is 4.32. The number of nitrogens with zero attached hydrogens (tertiary/aromatic N) is 2. The van der Waals surface area contributed by atoms with Gasteiger partial charge in [0.15, 0.2) is 23.8 Å². The third-order valence-corrected chi connectivity index (χ3v) is 6.22. The van der Waals surface area contributed by atoms with Gasteiger partial charge in [0.25, 0.3) is 0 Å². The molecule has 0 atom stereocenters. The summed E-state index contributed by atoms with van der Waals surface area (Å²) in [5.74, 6) is 0. The van der Waals surface area contributed by atoms with E-state index in [1.807, 2.05) is 0 Å². The largest absolute Gasteiger partial charge is 0.390 e. The maximum absolute atomic E-state index is 10.0. The first kappa shape index (κ1) is 27.0. The summed E-state index contributed by atoms with van der Waals surface area (Å²) < 4.78 is -0.785. The molecule has 0 spiro atoms. The predicted molar refractivity (Wildman–Crippen MR) is 107 cm³/mol. The highest BCUT2D eigenvalue weighted by molar-refractivity contribution is 5.11. The molecule has 0 unspecified atom stereocenters. The van der Waals surface area contributed by atoms with E-state index in [1.54, 1.807) is 0 Å². The van der Waals surface area contributed by atoms with E-state index in [2.05, 4.69) is 0 Å². The Balaban J connectivity index is 4.01. The Labute approximate surface area is 176 Å². The van der Waals surface area contributed by atoms with Gasteiger partial charge in [-0.1, -0.05) is 0 Å². The summed E-state index contributed by atoms with van der Waals surface area (Å²) in [6, 6.07) is -3.62. The van der Waals surface area contributed by atoms with Crippen molar-refractivity contribution in [3.63, 3.8) is 0 Å². The molecule has 1 aliphatic rings. The molecule has 12 heteroatoms. The van der Waals surface area contributed by atoms with E-state index in [0.717, 1.165) is 0 Å². The van der Waals surface area contributed by atoms with E-state index in [1.165, 1.54) is 12.4 Å². The summed E-state index contributed by atoms with van der Waals surface area (Å²) in [6.07, 6.45) is 3.06. The van der Waals surface area contributed by atoms with Gasteiger partial charge in [0, 0.05) is 0 Å².